The first kappa shape index (κ1) is 11.0. The van der Waals surface area contributed by atoms with Crippen molar-refractivity contribution in [2.24, 2.45) is 0 Å². The quantitative estimate of drug-likeness (QED) is 0.403. The lowest BCUT2D eigenvalue weighted by atomic mass is 10.5. The molecule has 68 valence electrons. The third-order valence-corrected chi connectivity index (χ3v) is 1.23. The summed E-state index contributed by atoms with van der Waals surface area (Å²) < 4.78 is 0. The Bertz CT molecular complexity index is 174. The molecule has 0 bridgehead atoms. The fourth-order valence-corrected chi connectivity index (χ4v) is 0.776. The minimum absolute atomic E-state index is 0.0503. The Labute approximate surface area is 73.3 Å². The van der Waals surface area contributed by atoms with Crippen LogP contribution in [0.3, 0.4) is 0 Å². The molecule has 0 aromatic heterocycles. The molecule has 0 unspecified atom stereocenters. The molecule has 0 radical (unpaired) electrons. The molecule has 0 aromatic carbocycles. The van der Waals surface area contributed by atoms with Crippen molar-refractivity contribution >= 4 is 5.91 Å². The standard InChI is InChI=1S/C8H15N3O/c1-4-5-10-8(12)6-11(3)7-9-2/h1,9H,5-7H2,2-3H3,(H,10,12). The van der Waals surface area contributed by atoms with Crippen LogP contribution in [0.4, 0.5) is 0 Å². The second kappa shape index (κ2) is 6.65. The lowest BCUT2D eigenvalue weighted by molar-refractivity contribution is -0.121. The van der Waals surface area contributed by atoms with Crippen molar-refractivity contribution in [3.8, 4) is 12.3 Å². The molecular formula is C8H15N3O. The van der Waals surface area contributed by atoms with Gasteiger partial charge in [-0.25, -0.2) is 0 Å². The van der Waals surface area contributed by atoms with E-state index in [9.17, 15) is 4.79 Å². The van der Waals surface area contributed by atoms with Crippen molar-refractivity contribution in [3.63, 3.8) is 0 Å². The largest absolute Gasteiger partial charge is 0.344 e. The number of amides is 1. The molecule has 0 saturated carbocycles. The van der Waals surface area contributed by atoms with E-state index in [1.54, 1.807) is 0 Å². The maximum atomic E-state index is 11.0. The molecule has 0 aliphatic heterocycles. The Kier molecular flexibility index (Phi) is 6.07. The van der Waals surface area contributed by atoms with E-state index in [4.69, 9.17) is 6.42 Å². The Morgan fingerprint density at radius 3 is 2.83 bits per heavy atom. The molecule has 0 fully saturated rings. The first-order valence-electron chi connectivity index (χ1n) is 3.74. The van der Waals surface area contributed by atoms with Crippen molar-refractivity contribution in [3.05, 3.63) is 0 Å². The predicted octanol–water partition coefficient (Wildman–Crippen LogP) is -1.16. The van der Waals surface area contributed by atoms with Crippen molar-refractivity contribution < 1.29 is 4.79 Å². The minimum Gasteiger partial charge on any atom is -0.344 e. The summed E-state index contributed by atoms with van der Waals surface area (Å²) in [5.74, 6) is 2.29. The van der Waals surface area contributed by atoms with Crippen LogP contribution in [0.25, 0.3) is 0 Å². The van der Waals surface area contributed by atoms with Crippen molar-refractivity contribution in [1.82, 2.24) is 15.5 Å². The van der Waals surface area contributed by atoms with Crippen LogP contribution in [-0.2, 0) is 4.79 Å². The number of terminal acetylenes is 1. The SMILES string of the molecule is C#CCNC(=O)CN(C)CNC. The van der Waals surface area contributed by atoms with Gasteiger partial charge in [-0.1, -0.05) is 5.92 Å². The molecule has 0 saturated heterocycles. The number of rotatable bonds is 5. The van der Waals surface area contributed by atoms with E-state index in [1.807, 2.05) is 19.0 Å². The maximum Gasteiger partial charge on any atom is 0.234 e. The number of carbonyl (C=O) groups is 1. The van der Waals surface area contributed by atoms with Gasteiger partial charge in [0.15, 0.2) is 0 Å². The second-order valence-corrected chi connectivity index (χ2v) is 2.51. The predicted molar refractivity (Wildman–Crippen MR) is 48.4 cm³/mol. The highest BCUT2D eigenvalue weighted by atomic mass is 16.2. The molecule has 2 N–H and O–H groups in total. The molecule has 4 nitrogen and oxygen atoms in total. The summed E-state index contributed by atoms with van der Waals surface area (Å²) in [6, 6.07) is 0. The number of nitrogens with one attached hydrogen (secondary N) is 2. The lowest BCUT2D eigenvalue weighted by Gasteiger charge is -2.14. The van der Waals surface area contributed by atoms with E-state index in [1.165, 1.54) is 0 Å². The molecule has 0 aliphatic rings. The highest BCUT2D eigenvalue weighted by Crippen LogP contribution is 1.77. The van der Waals surface area contributed by atoms with Gasteiger partial charge in [-0.15, -0.1) is 6.42 Å². The molecule has 0 aliphatic carbocycles. The van der Waals surface area contributed by atoms with E-state index in [-0.39, 0.29) is 5.91 Å². The zero-order chi connectivity index (χ0) is 9.40. The van der Waals surface area contributed by atoms with Crippen LogP contribution < -0.4 is 10.6 Å². The molecule has 0 atom stereocenters. The normalized spacial score (nSPS) is 9.50. The minimum atomic E-state index is -0.0503. The van der Waals surface area contributed by atoms with Crippen LogP contribution in [0.1, 0.15) is 0 Å². The number of hydrogen-bond acceptors (Lipinski definition) is 3. The van der Waals surface area contributed by atoms with Crippen molar-refractivity contribution in [2.45, 2.75) is 0 Å². The van der Waals surface area contributed by atoms with Crippen LogP contribution in [0.2, 0.25) is 0 Å². The van der Waals surface area contributed by atoms with Gasteiger partial charge < -0.3 is 10.6 Å². The topological polar surface area (TPSA) is 44.4 Å². The van der Waals surface area contributed by atoms with Crippen LogP contribution in [-0.4, -0.2) is 44.7 Å². The van der Waals surface area contributed by atoms with E-state index < -0.39 is 0 Å². The van der Waals surface area contributed by atoms with Gasteiger partial charge in [0.25, 0.3) is 0 Å². The van der Waals surface area contributed by atoms with E-state index in [0.717, 1.165) is 0 Å². The van der Waals surface area contributed by atoms with Crippen LogP contribution in [0.5, 0.6) is 0 Å². The van der Waals surface area contributed by atoms with Gasteiger partial charge in [-0.2, -0.15) is 0 Å². The van der Waals surface area contributed by atoms with Crippen LogP contribution in [0.15, 0.2) is 0 Å². The van der Waals surface area contributed by atoms with E-state index >= 15 is 0 Å². The second-order valence-electron chi connectivity index (χ2n) is 2.51. The summed E-state index contributed by atoms with van der Waals surface area (Å²) in [6.45, 7) is 1.35. The fraction of sp³-hybridized carbons (Fsp3) is 0.625. The van der Waals surface area contributed by atoms with E-state index in [0.29, 0.717) is 19.8 Å². The van der Waals surface area contributed by atoms with Gasteiger partial charge in [-0.05, 0) is 14.1 Å². The molecular weight excluding hydrogens is 154 g/mol. The average molecular weight is 169 g/mol. The number of nitrogens with zero attached hydrogens (tertiary/aromatic N) is 1. The number of hydrogen-bond donors (Lipinski definition) is 2. The summed E-state index contributed by atoms with van der Waals surface area (Å²) in [4.78, 5) is 12.9. The van der Waals surface area contributed by atoms with Crippen LogP contribution >= 0.6 is 0 Å². The van der Waals surface area contributed by atoms with Crippen molar-refractivity contribution in [2.75, 3.05) is 33.9 Å². The average Bonchev–Trinajstić information content (AvgIpc) is 2.01. The van der Waals surface area contributed by atoms with Crippen molar-refractivity contribution in [1.29, 1.82) is 0 Å². The van der Waals surface area contributed by atoms with Crippen LogP contribution in [0, 0.1) is 12.3 Å². The smallest absolute Gasteiger partial charge is 0.234 e. The Morgan fingerprint density at radius 2 is 2.33 bits per heavy atom. The summed E-state index contributed by atoms with van der Waals surface area (Å²) in [6.07, 6.45) is 4.98. The third kappa shape index (κ3) is 5.71. The Morgan fingerprint density at radius 1 is 1.67 bits per heavy atom. The van der Waals surface area contributed by atoms with E-state index in [2.05, 4.69) is 16.6 Å². The first-order valence-corrected chi connectivity index (χ1v) is 3.74. The summed E-state index contributed by atoms with van der Waals surface area (Å²) in [7, 11) is 3.68. The van der Waals surface area contributed by atoms with Gasteiger partial charge in [0.05, 0.1) is 13.1 Å². The molecule has 4 heteroatoms. The fourth-order valence-electron chi connectivity index (χ4n) is 0.776. The molecule has 0 aromatic rings. The molecule has 0 rings (SSSR count). The maximum absolute atomic E-state index is 11.0. The monoisotopic (exact) mass is 169 g/mol. The Hall–Kier alpha value is -1.05. The van der Waals surface area contributed by atoms with Gasteiger partial charge >= 0.3 is 0 Å². The van der Waals surface area contributed by atoms with Gasteiger partial charge in [-0.3, -0.25) is 9.69 Å². The van der Waals surface area contributed by atoms with Gasteiger partial charge in [0.2, 0.25) is 5.91 Å². The molecule has 0 spiro atoms. The van der Waals surface area contributed by atoms with Gasteiger partial charge in [0, 0.05) is 6.67 Å². The summed E-state index contributed by atoms with van der Waals surface area (Å²) in [5, 5.41) is 5.51. The zero-order valence-corrected chi connectivity index (χ0v) is 7.55. The number of likely N-dealkylation sites (N-methyl/N-ethyl adjacent to an activating group) is 1. The first-order chi connectivity index (χ1) is 5.70. The summed E-state index contributed by atoms with van der Waals surface area (Å²) in [5.41, 5.74) is 0. The van der Waals surface area contributed by atoms with Gasteiger partial charge in [0.1, 0.15) is 0 Å². The highest BCUT2D eigenvalue weighted by molar-refractivity contribution is 5.78. The summed E-state index contributed by atoms with van der Waals surface area (Å²) >= 11 is 0. The number of carbonyl (C=O) groups excluding carboxylic acids is 1. The lowest BCUT2D eigenvalue weighted by Crippen LogP contribution is -2.38. The zero-order valence-electron chi connectivity index (χ0n) is 7.55. The highest BCUT2D eigenvalue weighted by Gasteiger charge is 2.02. The third-order valence-electron chi connectivity index (χ3n) is 1.23. The molecule has 1 amide bonds. The molecule has 0 heterocycles. The Balaban J connectivity index is 3.48. The molecule has 12 heavy (non-hydrogen) atoms.